The molecule has 0 aliphatic rings. The van der Waals surface area contributed by atoms with E-state index in [2.05, 4.69) is 53.5 Å². The van der Waals surface area contributed by atoms with Crippen molar-refractivity contribution < 1.29 is 4.74 Å². The van der Waals surface area contributed by atoms with Gasteiger partial charge in [-0.05, 0) is 35.2 Å². The number of hydrogen-bond donors (Lipinski definition) is 0. The van der Waals surface area contributed by atoms with E-state index in [0.29, 0.717) is 6.61 Å². The molecule has 2 nitrogen and oxygen atoms in total. The summed E-state index contributed by atoms with van der Waals surface area (Å²) in [6.45, 7) is 0.679. The second kappa shape index (κ2) is 7.53. The Morgan fingerprint density at radius 3 is 1.82 bits per heavy atom. The van der Waals surface area contributed by atoms with E-state index in [1.807, 2.05) is 36.7 Å². The van der Waals surface area contributed by atoms with E-state index >= 15 is 0 Å². The van der Waals surface area contributed by atoms with Gasteiger partial charge in [0.1, 0.15) is 6.10 Å². The van der Waals surface area contributed by atoms with Crippen LogP contribution in [-0.2, 0) is 11.2 Å². The minimum atomic E-state index is -0.0239. The number of ether oxygens (including phenoxy) is 1. The van der Waals surface area contributed by atoms with Crippen LogP contribution in [0.3, 0.4) is 0 Å². The van der Waals surface area contributed by atoms with Crippen molar-refractivity contribution in [1.82, 2.24) is 4.98 Å². The summed E-state index contributed by atoms with van der Waals surface area (Å²) in [5, 5.41) is 0. The van der Waals surface area contributed by atoms with E-state index in [1.54, 1.807) is 0 Å². The molecule has 0 spiro atoms. The van der Waals surface area contributed by atoms with Gasteiger partial charge in [0.05, 0.1) is 6.61 Å². The molecule has 0 aliphatic heterocycles. The van der Waals surface area contributed by atoms with Gasteiger partial charge in [0.15, 0.2) is 0 Å². The van der Waals surface area contributed by atoms with Gasteiger partial charge in [0.25, 0.3) is 0 Å². The van der Waals surface area contributed by atoms with Crippen LogP contribution in [0.15, 0.2) is 85.2 Å². The highest BCUT2D eigenvalue weighted by molar-refractivity contribution is 5.29. The lowest BCUT2D eigenvalue weighted by atomic mass is 10.0. The molecule has 1 aromatic heterocycles. The molecular weight excluding hydrogens is 270 g/mol. The summed E-state index contributed by atoms with van der Waals surface area (Å²) in [5.74, 6) is 0. The van der Waals surface area contributed by atoms with Crippen LogP contribution in [0.2, 0.25) is 0 Å². The van der Waals surface area contributed by atoms with Crippen LogP contribution in [0.1, 0.15) is 22.8 Å². The van der Waals surface area contributed by atoms with Crippen molar-refractivity contribution in [1.29, 1.82) is 0 Å². The Hall–Kier alpha value is -2.45. The fourth-order valence-corrected chi connectivity index (χ4v) is 2.48. The summed E-state index contributed by atoms with van der Waals surface area (Å²) in [5.41, 5.74) is 3.61. The lowest BCUT2D eigenvalue weighted by Crippen LogP contribution is -2.09. The van der Waals surface area contributed by atoms with Crippen molar-refractivity contribution in [2.45, 2.75) is 12.5 Å². The second-order valence-corrected chi connectivity index (χ2v) is 5.18. The topological polar surface area (TPSA) is 22.1 Å². The standard InChI is InChI=1S/C20H19NO/c1-3-7-18(8-4-1)20(19-9-5-2-6-10-19)22-16-13-17-11-14-21-15-12-17/h1-12,14-15,20H,13,16H2. The Labute approximate surface area is 131 Å². The average molecular weight is 289 g/mol. The number of nitrogens with zero attached hydrogens (tertiary/aromatic N) is 1. The second-order valence-electron chi connectivity index (χ2n) is 5.18. The minimum absolute atomic E-state index is 0.0239. The number of hydrogen-bond acceptors (Lipinski definition) is 2. The number of pyridine rings is 1. The Bertz CT molecular complexity index is 628. The summed E-state index contributed by atoms with van der Waals surface area (Å²) < 4.78 is 6.20. The lowest BCUT2D eigenvalue weighted by molar-refractivity contribution is 0.0826. The maximum atomic E-state index is 6.20. The molecule has 0 N–H and O–H groups in total. The van der Waals surface area contributed by atoms with E-state index in [0.717, 1.165) is 6.42 Å². The van der Waals surface area contributed by atoms with Gasteiger partial charge in [-0.1, -0.05) is 60.7 Å². The first-order chi connectivity index (χ1) is 10.9. The van der Waals surface area contributed by atoms with Crippen LogP contribution < -0.4 is 0 Å². The first kappa shape index (κ1) is 14.5. The van der Waals surface area contributed by atoms with Gasteiger partial charge in [0, 0.05) is 12.4 Å². The fourth-order valence-electron chi connectivity index (χ4n) is 2.48. The smallest absolute Gasteiger partial charge is 0.108 e. The first-order valence-corrected chi connectivity index (χ1v) is 7.54. The number of benzene rings is 2. The van der Waals surface area contributed by atoms with Crippen molar-refractivity contribution in [3.63, 3.8) is 0 Å². The van der Waals surface area contributed by atoms with Crippen molar-refractivity contribution in [3.05, 3.63) is 102 Å². The Morgan fingerprint density at radius 2 is 1.27 bits per heavy atom. The maximum Gasteiger partial charge on any atom is 0.108 e. The summed E-state index contributed by atoms with van der Waals surface area (Å²) in [6.07, 6.45) is 4.51. The third-order valence-corrected chi connectivity index (χ3v) is 3.63. The van der Waals surface area contributed by atoms with E-state index in [1.165, 1.54) is 16.7 Å². The van der Waals surface area contributed by atoms with Crippen molar-refractivity contribution >= 4 is 0 Å². The van der Waals surface area contributed by atoms with Crippen LogP contribution in [0.25, 0.3) is 0 Å². The predicted octanol–water partition coefficient (Wildman–Crippen LogP) is 4.43. The molecule has 0 saturated heterocycles. The van der Waals surface area contributed by atoms with E-state index < -0.39 is 0 Å². The molecule has 0 radical (unpaired) electrons. The van der Waals surface area contributed by atoms with Crippen LogP contribution in [0.4, 0.5) is 0 Å². The molecule has 3 rings (SSSR count). The van der Waals surface area contributed by atoms with E-state index in [4.69, 9.17) is 4.74 Å². The molecule has 0 aliphatic carbocycles. The number of aromatic nitrogens is 1. The van der Waals surface area contributed by atoms with Crippen LogP contribution in [0, 0.1) is 0 Å². The third kappa shape index (κ3) is 3.80. The Kier molecular flexibility index (Phi) is 4.96. The van der Waals surface area contributed by atoms with Gasteiger partial charge in [0.2, 0.25) is 0 Å². The summed E-state index contributed by atoms with van der Waals surface area (Å²) in [7, 11) is 0. The van der Waals surface area contributed by atoms with Crippen LogP contribution in [0.5, 0.6) is 0 Å². The fraction of sp³-hybridized carbons (Fsp3) is 0.150. The lowest BCUT2D eigenvalue weighted by Gasteiger charge is -2.19. The molecule has 2 aromatic carbocycles. The molecule has 3 aromatic rings. The van der Waals surface area contributed by atoms with Crippen molar-refractivity contribution in [2.75, 3.05) is 6.61 Å². The Balaban J connectivity index is 1.72. The highest BCUT2D eigenvalue weighted by Gasteiger charge is 2.13. The van der Waals surface area contributed by atoms with Gasteiger partial charge in [-0.2, -0.15) is 0 Å². The molecule has 0 saturated carbocycles. The zero-order chi connectivity index (χ0) is 15.0. The SMILES string of the molecule is c1ccc(C(OCCc2ccncc2)c2ccccc2)cc1. The summed E-state index contributed by atoms with van der Waals surface area (Å²) in [6, 6.07) is 24.8. The molecule has 0 amide bonds. The Morgan fingerprint density at radius 1 is 0.727 bits per heavy atom. The highest BCUT2D eigenvalue weighted by atomic mass is 16.5. The average Bonchev–Trinajstić information content (AvgIpc) is 2.61. The van der Waals surface area contributed by atoms with Gasteiger partial charge in [-0.15, -0.1) is 0 Å². The van der Waals surface area contributed by atoms with Crippen molar-refractivity contribution in [3.8, 4) is 0 Å². The normalized spacial score (nSPS) is 10.8. The van der Waals surface area contributed by atoms with E-state index in [9.17, 15) is 0 Å². The van der Waals surface area contributed by atoms with Crippen LogP contribution >= 0.6 is 0 Å². The quantitative estimate of drug-likeness (QED) is 0.669. The molecule has 2 heteroatoms. The molecule has 0 unspecified atom stereocenters. The van der Waals surface area contributed by atoms with Crippen molar-refractivity contribution in [2.24, 2.45) is 0 Å². The van der Waals surface area contributed by atoms with Gasteiger partial charge < -0.3 is 4.74 Å². The summed E-state index contributed by atoms with van der Waals surface area (Å²) in [4.78, 5) is 4.04. The largest absolute Gasteiger partial charge is 0.368 e. The minimum Gasteiger partial charge on any atom is -0.368 e. The predicted molar refractivity (Wildman–Crippen MR) is 88.6 cm³/mol. The van der Waals surface area contributed by atoms with Gasteiger partial charge >= 0.3 is 0 Å². The third-order valence-electron chi connectivity index (χ3n) is 3.63. The first-order valence-electron chi connectivity index (χ1n) is 7.54. The molecule has 22 heavy (non-hydrogen) atoms. The zero-order valence-corrected chi connectivity index (χ0v) is 12.4. The van der Waals surface area contributed by atoms with Gasteiger partial charge in [-0.25, -0.2) is 0 Å². The molecule has 0 bridgehead atoms. The highest BCUT2D eigenvalue weighted by Crippen LogP contribution is 2.25. The molecule has 0 fully saturated rings. The van der Waals surface area contributed by atoms with Crippen LogP contribution in [-0.4, -0.2) is 11.6 Å². The van der Waals surface area contributed by atoms with E-state index in [-0.39, 0.29) is 6.10 Å². The molecule has 1 heterocycles. The summed E-state index contributed by atoms with van der Waals surface area (Å²) >= 11 is 0. The zero-order valence-electron chi connectivity index (χ0n) is 12.4. The molecular formula is C20H19NO. The maximum absolute atomic E-state index is 6.20. The molecule has 0 atom stereocenters. The monoisotopic (exact) mass is 289 g/mol. The van der Waals surface area contributed by atoms with Gasteiger partial charge in [-0.3, -0.25) is 4.98 Å². The number of rotatable bonds is 6. The molecule has 110 valence electrons.